The number of carbonyl (C=O) groups excluding carboxylic acids is 1. The molecule has 1 atom stereocenters. The number of aliphatic hydroxyl groups excluding tert-OH is 1. The van der Waals surface area contributed by atoms with E-state index in [1.165, 1.54) is 12.1 Å². The number of hydrogen-bond acceptors (Lipinski definition) is 3. The third-order valence-electron chi connectivity index (χ3n) is 2.41. The monoisotopic (exact) mass is 240 g/mol. The summed E-state index contributed by atoms with van der Waals surface area (Å²) in [5, 5.41) is 11.3. The molecule has 1 aromatic carbocycles. The van der Waals surface area contributed by atoms with Crippen molar-refractivity contribution >= 4 is 11.6 Å². The fraction of sp³-hybridized carbons (Fsp3) is 0.417. The summed E-state index contributed by atoms with van der Waals surface area (Å²) in [6.45, 7) is 1.89. The average Bonchev–Trinajstić information content (AvgIpc) is 2.26. The summed E-state index contributed by atoms with van der Waals surface area (Å²) < 4.78 is 13.4. The molecule has 0 saturated heterocycles. The molecule has 0 fully saturated rings. The highest BCUT2D eigenvalue weighted by atomic mass is 19.1. The maximum Gasteiger partial charge on any atom is 0.254 e. The van der Waals surface area contributed by atoms with E-state index in [2.05, 4.69) is 5.32 Å². The van der Waals surface area contributed by atoms with Gasteiger partial charge in [0, 0.05) is 18.3 Å². The topological polar surface area (TPSA) is 75.3 Å². The number of anilines is 1. The maximum absolute atomic E-state index is 13.4. The molecule has 4 nitrogen and oxygen atoms in total. The van der Waals surface area contributed by atoms with Gasteiger partial charge in [0.15, 0.2) is 0 Å². The molecular formula is C12H17FN2O2. The lowest BCUT2D eigenvalue weighted by Crippen LogP contribution is -2.33. The van der Waals surface area contributed by atoms with E-state index in [0.717, 1.165) is 6.07 Å². The number of rotatable bonds is 5. The largest absolute Gasteiger partial charge is 0.399 e. The molecule has 1 amide bonds. The van der Waals surface area contributed by atoms with Crippen LogP contribution in [-0.4, -0.2) is 23.7 Å². The number of amides is 1. The van der Waals surface area contributed by atoms with Gasteiger partial charge in [-0.1, -0.05) is 0 Å². The van der Waals surface area contributed by atoms with Crippen LogP contribution in [0.2, 0.25) is 0 Å². The molecule has 0 aromatic heterocycles. The van der Waals surface area contributed by atoms with Gasteiger partial charge < -0.3 is 16.2 Å². The Morgan fingerprint density at radius 1 is 1.59 bits per heavy atom. The predicted octanol–water partition coefficient (Wildman–Crippen LogP) is 1.30. The van der Waals surface area contributed by atoms with Crippen molar-refractivity contribution in [2.45, 2.75) is 25.8 Å². The minimum absolute atomic E-state index is 0.0185. The molecule has 0 heterocycles. The molecular weight excluding hydrogens is 223 g/mol. The van der Waals surface area contributed by atoms with E-state index in [0.29, 0.717) is 12.8 Å². The second kappa shape index (κ2) is 6.20. The molecule has 1 aromatic rings. The van der Waals surface area contributed by atoms with Crippen LogP contribution in [0.15, 0.2) is 18.2 Å². The zero-order valence-electron chi connectivity index (χ0n) is 9.74. The van der Waals surface area contributed by atoms with Gasteiger partial charge in [0.25, 0.3) is 5.91 Å². The van der Waals surface area contributed by atoms with Crippen LogP contribution in [0, 0.1) is 5.82 Å². The highest BCUT2D eigenvalue weighted by Crippen LogP contribution is 2.12. The summed E-state index contributed by atoms with van der Waals surface area (Å²) in [5.41, 5.74) is 5.66. The van der Waals surface area contributed by atoms with E-state index in [-0.39, 0.29) is 23.9 Å². The lowest BCUT2D eigenvalue weighted by atomic mass is 10.1. The first-order valence-corrected chi connectivity index (χ1v) is 5.51. The van der Waals surface area contributed by atoms with Gasteiger partial charge in [-0.2, -0.15) is 0 Å². The Kier molecular flexibility index (Phi) is 4.90. The van der Waals surface area contributed by atoms with Crippen LogP contribution in [0.1, 0.15) is 30.1 Å². The highest BCUT2D eigenvalue weighted by Gasteiger charge is 2.13. The van der Waals surface area contributed by atoms with Crippen LogP contribution in [-0.2, 0) is 0 Å². The van der Waals surface area contributed by atoms with E-state index in [4.69, 9.17) is 10.8 Å². The van der Waals surface area contributed by atoms with Gasteiger partial charge in [-0.05, 0) is 38.0 Å². The van der Waals surface area contributed by atoms with E-state index < -0.39 is 11.7 Å². The van der Waals surface area contributed by atoms with Crippen LogP contribution in [0.5, 0.6) is 0 Å². The van der Waals surface area contributed by atoms with Gasteiger partial charge >= 0.3 is 0 Å². The van der Waals surface area contributed by atoms with Crippen LogP contribution < -0.4 is 11.1 Å². The Labute approximate surface area is 99.6 Å². The van der Waals surface area contributed by atoms with Crippen molar-refractivity contribution in [3.05, 3.63) is 29.6 Å². The van der Waals surface area contributed by atoms with E-state index in [1.807, 2.05) is 6.92 Å². The number of halogens is 1. The smallest absolute Gasteiger partial charge is 0.254 e. The van der Waals surface area contributed by atoms with Crippen LogP contribution >= 0.6 is 0 Å². The van der Waals surface area contributed by atoms with Crippen molar-refractivity contribution in [3.8, 4) is 0 Å². The maximum atomic E-state index is 13.4. The Morgan fingerprint density at radius 2 is 2.29 bits per heavy atom. The van der Waals surface area contributed by atoms with Crippen molar-refractivity contribution in [1.29, 1.82) is 0 Å². The molecule has 0 spiro atoms. The molecule has 1 unspecified atom stereocenters. The molecule has 17 heavy (non-hydrogen) atoms. The lowest BCUT2D eigenvalue weighted by molar-refractivity contribution is 0.0932. The fourth-order valence-corrected chi connectivity index (χ4v) is 1.49. The first-order valence-electron chi connectivity index (χ1n) is 5.51. The number of carbonyl (C=O) groups is 1. The molecule has 1 rings (SSSR count). The summed E-state index contributed by atoms with van der Waals surface area (Å²) in [5.74, 6) is -1.09. The van der Waals surface area contributed by atoms with Crippen LogP contribution in [0.25, 0.3) is 0 Å². The van der Waals surface area contributed by atoms with Crippen molar-refractivity contribution in [2.24, 2.45) is 0 Å². The van der Waals surface area contributed by atoms with Gasteiger partial charge in [0.1, 0.15) is 5.82 Å². The van der Waals surface area contributed by atoms with Crippen molar-refractivity contribution in [1.82, 2.24) is 5.32 Å². The second-order valence-corrected chi connectivity index (χ2v) is 3.98. The zero-order chi connectivity index (χ0) is 12.8. The second-order valence-electron chi connectivity index (χ2n) is 3.98. The minimum atomic E-state index is -0.628. The van der Waals surface area contributed by atoms with E-state index >= 15 is 0 Å². The van der Waals surface area contributed by atoms with Crippen LogP contribution in [0.4, 0.5) is 10.1 Å². The summed E-state index contributed by atoms with van der Waals surface area (Å²) >= 11 is 0. The van der Waals surface area contributed by atoms with Gasteiger partial charge in [-0.3, -0.25) is 4.79 Å². The number of hydrogen-bond donors (Lipinski definition) is 3. The Hall–Kier alpha value is -1.62. The standard InChI is InChI=1S/C12H17FN2O2/c1-8(3-2-6-16)15-12(17)10-5-4-9(14)7-11(10)13/h4-5,7-8,16H,2-3,6,14H2,1H3,(H,15,17). The van der Waals surface area contributed by atoms with E-state index in [9.17, 15) is 9.18 Å². The fourth-order valence-electron chi connectivity index (χ4n) is 1.49. The quantitative estimate of drug-likeness (QED) is 0.679. The number of nitrogens with one attached hydrogen (secondary N) is 1. The summed E-state index contributed by atoms with van der Waals surface area (Å²) in [7, 11) is 0. The molecule has 0 radical (unpaired) electrons. The van der Waals surface area contributed by atoms with Crippen molar-refractivity contribution in [2.75, 3.05) is 12.3 Å². The number of nitrogen functional groups attached to an aromatic ring is 1. The van der Waals surface area contributed by atoms with Gasteiger partial charge in [0.05, 0.1) is 5.56 Å². The average molecular weight is 240 g/mol. The number of aliphatic hydroxyl groups is 1. The molecule has 0 aliphatic heterocycles. The first kappa shape index (κ1) is 13.4. The van der Waals surface area contributed by atoms with E-state index in [1.54, 1.807) is 0 Å². The lowest BCUT2D eigenvalue weighted by Gasteiger charge is -2.13. The zero-order valence-corrected chi connectivity index (χ0v) is 9.74. The normalized spacial score (nSPS) is 12.2. The summed E-state index contributed by atoms with van der Waals surface area (Å²) in [6.07, 6.45) is 1.25. The molecule has 0 aliphatic carbocycles. The first-order chi connectivity index (χ1) is 8.04. The van der Waals surface area contributed by atoms with Crippen LogP contribution in [0.3, 0.4) is 0 Å². The third kappa shape index (κ3) is 4.03. The predicted molar refractivity (Wildman–Crippen MR) is 64.1 cm³/mol. The van der Waals surface area contributed by atoms with Gasteiger partial charge in [0.2, 0.25) is 0 Å². The van der Waals surface area contributed by atoms with Crippen molar-refractivity contribution < 1.29 is 14.3 Å². The molecule has 4 N–H and O–H groups in total. The SMILES string of the molecule is CC(CCCO)NC(=O)c1ccc(N)cc1F. The Bertz CT molecular complexity index is 396. The third-order valence-corrected chi connectivity index (χ3v) is 2.41. The molecule has 0 saturated carbocycles. The molecule has 0 aliphatic rings. The Balaban J connectivity index is 2.63. The molecule has 5 heteroatoms. The summed E-state index contributed by atoms with van der Waals surface area (Å²) in [6, 6.07) is 3.86. The van der Waals surface area contributed by atoms with Gasteiger partial charge in [-0.25, -0.2) is 4.39 Å². The Morgan fingerprint density at radius 3 is 2.88 bits per heavy atom. The summed E-state index contributed by atoms with van der Waals surface area (Å²) in [4.78, 5) is 11.7. The minimum Gasteiger partial charge on any atom is -0.399 e. The number of benzene rings is 1. The van der Waals surface area contributed by atoms with Crippen molar-refractivity contribution in [3.63, 3.8) is 0 Å². The van der Waals surface area contributed by atoms with Gasteiger partial charge in [-0.15, -0.1) is 0 Å². The molecule has 94 valence electrons. The number of nitrogens with two attached hydrogens (primary N) is 1. The highest BCUT2D eigenvalue weighted by molar-refractivity contribution is 5.94. The molecule has 0 bridgehead atoms.